The molecule has 78 valence electrons. The lowest BCUT2D eigenvalue weighted by Crippen LogP contribution is -2.33. The first-order valence-corrected chi connectivity index (χ1v) is 4.91. The predicted molar refractivity (Wildman–Crippen MR) is 59.0 cm³/mol. The van der Waals surface area contributed by atoms with Crippen LogP contribution in [0, 0.1) is 6.92 Å². The Labute approximate surface area is 88.4 Å². The van der Waals surface area contributed by atoms with Gasteiger partial charge < -0.3 is 10.4 Å². The number of nitrogens with one attached hydrogen (secondary N) is 1. The van der Waals surface area contributed by atoms with Crippen molar-refractivity contribution < 1.29 is 9.90 Å². The van der Waals surface area contributed by atoms with Gasteiger partial charge in [0.15, 0.2) is 0 Å². The molecule has 1 aliphatic rings. The summed E-state index contributed by atoms with van der Waals surface area (Å²) in [6.45, 7) is 3.71. The van der Waals surface area contributed by atoms with Crippen molar-refractivity contribution in [3.63, 3.8) is 0 Å². The van der Waals surface area contributed by atoms with E-state index >= 15 is 0 Å². The molecule has 0 radical (unpaired) electrons. The van der Waals surface area contributed by atoms with Gasteiger partial charge in [0.1, 0.15) is 0 Å². The molecular formula is C12H13NO2. The molecule has 2 N–H and O–H groups in total. The van der Waals surface area contributed by atoms with Gasteiger partial charge in [-0.3, -0.25) is 0 Å². The van der Waals surface area contributed by atoms with Gasteiger partial charge >= 0.3 is 5.97 Å². The SMILES string of the molecule is Cc1cc(C=C2CNC2)ccc1C(=O)O. The topological polar surface area (TPSA) is 49.3 Å². The lowest BCUT2D eigenvalue weighted by Gasteiger charge is -2.18. The Bertz CT molecular complexity index is 429. The van der Waals surface area contributed by atoms with E-state index in [1.165, 1.54) is 5.57 Å². The number of hydrogen-bond acceptors (Lipinski definition) is 2. The lowest BCUT2D eigenvalue weighted by molar-refractivity contribution is 0.0696. The van der Waals surface area contributed by atoms with Crippen molar-refractivity contribution in [1.29, 1.82) is 0 Å². The normalized spacial score (nSPS) is 14.6. The van der Waals surface area contributed by atoms with Crippen molar-refractivity contribution in [1.82, 2.24) is 5.32 Å². The minimum atomic E-state index is -0.864. The number of rotatable bonds is 2. The summed E-state index contributed by atoms with van der Waals surface area (Å²) in [5.41, 5.74) is 3.62. The van der Waals surface area contributed by atoms with Crippen LogP contribution in [0.3, 0.4) is 0 Å². The number of aryl methyl sites for hydroxylation is 1. The highest BCUT2D eigenvalue weighted by molar-refractivity contribution is 5.89. The predicted octanol–water partition coefficient (Wildman–Crippen LogP) is 1.68. The van der Waals surface area contributed by atoms with E-state index in [0.717, 1.165) is 24.2 Å². The van der Waals surface area contributed by atoms with Crippen LogP contribution in [0.2, 0.25) is 0 Å². The molecule has 0 amide bonds. The van der Waals surface area contributed by atoms with E-state index in [1.807, 2.05) is 19.1 Å². The van der Waals surface area contributed by atoms with Crippen molar-refractivity contribution in [3.8, 4) is 0 Å². The third-order valence-corrected chi connectivity index (χ3v) is 2.56. The van der Waals surface area contributed by atoms with E-state index in [9.17, 15) is 4.79 Å². The first-order chi connectivity index (χ1) is 7.16. The zero-order chi connectivity index (χ0) is 10.8. The van der Waals surface area contributed by atoms with Gasteiger partial charge in [-0.15, -0.1) is 0 Å². The van der Waals surface area contributed by atoms with Gasteiger partial charge in [-0.1, -0.05) is 18.2 Å². The molecule has 1 saturated heterocycles. The molecule has 1 aliphatic heterocycles. The molecule has 1 heterocycles. The second kappa shape index (κ2) is 3.87. The Morgan fingerprint density at radius 3 is 2.67 bits per heavy atom. The number of carboxylic acids is 1. The van der Waals surface area contributed by atoms with E-state index in [1.54, 1.807) is 6.07 Å². The van der Waals surface area contributed by atoms with Crippen LogP contribution in [-0.2, 0) is 0 Å². The van der Waals surface area contributed by atoms with Crippen LogP contribution < -0.4 is 5.32 Å². The number of carboxylic acid groups (broad SMARTS) is 1. The molecule has 0 atom stereocenters. The fourth-order valence-corrected chi connectivity index (χ4v) is 1.62. The minimum Gasteiger partial charge on any atom is -0.478 e. The maximum absolute atomic E-state index is 10.8. The molecule has 15 heavy (non-hydrogen) atoms. The molecule has 3 nitrogen and oxygen atoms in total. The Hall–Kier alpha value is -1.61. The molecule has 3 heteroatoms. The number of benzene rings is 1. The molecule has 0 aliphatic carbocycles. The molecule has 0 spiro atoms. The van der Waals surface area contributed by atoms with Crippen LogP contribution >= 0.6 is 0 Å². The third kappa shape index (κ3) is 2.07. The summed E-state index contributed by atoms with van der Waals surface area (Å²) >= 11 is 0. The minimum absolute atomic E-state index is 0.379. The maximum atomic E-state index is 10.8. The van der Waals surface area contributed by atoms with E-state index in [-0.39, 0.29) is 0 Å². The second-order valence-electron chi connectivity index (χ2n) is 3.79. The molecule has 2 rings (SSSR count). The molecule has 1 aromatic carbocycles. The van der Waals surface area contributed by atoms with Crippen molar-refractivity contribution in [2.45, 2.75) is 6.92 Å². The van der Waals surface area contributed by atoms with Gasteiger partial charge in [0.25, 0.3) is 0 Å². The third-order valence-electron chi connectivity index (χ3n) is 2.56. The largest absolute Gasteiger partial charge is 0.478 e. The van der Waals surface area contributed by atoms with Gasteiger partial charge in [0.2, 0.25) is 0 Å². The molecule has 0 bridgehead atoms. The maximum Gasteiger partial charge on any atom is 0.335 e. The fraction of sp³-hybridized carbons (Fsp3) is 0.250. The van der Waals surface area contributed by atoms with E-state index in [2.05, 4.69) is 11.4 Å². The summed E-state index contributed by atoms with van der Waals surface area (Å²) in [6, 6.07) is 5.42. The van der Waals surface area contributed by atoms with Crippen molar-refractivity contribution in [2.24, 2.45) is 0 Å². The summed E-state index contributed by atoms with van der Waals surface area (Å²) in [7, 11) is 0. The zero-order valence-corrected chi connectivity index (χ0v) is 8.58. The van der Waals surface area contributed by atoms with Gasteiger partial charge in [-0.2, -0.15) is 0 Å². The summed E-state index contributed by atoms with van der Waals surface area (Å²) in [5, 5.41) is 12.0. The van der Waals surface area contributed by atoms with Crippen LogP contribution in [0.25, 0.3) is 6.08 Å². The van der Waals surface area contributed by atoms with Crippen LogP contribution in [0.15, 0.2) is 23.8 Å². The Kier molecular flexibility index (Phi) is 2.56. The van der Waals surface area contributed by atoms with E-state index in [0.29, 0.717) is 5.56 Å². The van der Waals surface area contributed by atoms with Crippen LogP contribution in [-0.4, -0.2) is 24.2 Å². The molecule has 0 unspecified atom stereocenters. The molecule has 0 saturated carbocycles. The van der Waals surface area contributed by atoms with Gasteiger partial charge in [-0.25, -0.2) is 4.79 Å². The summed E-state index contributed by atoms with van der Waals surface area (Å²) in [6.07, 6.45) is 2.11. The van der Waals surface area contributed by atoms with E-state index < -0.39 is 5.97 Å². The van der Waals surface area contributed by atoms with Crippen molar-refractivity contribution in [2.75, 3.05) is 13.1 Å². The highest BCUT2D eigenvalue weighted by Gasteiger charge is 2.09. The highest BCUT2D eigenvalue weighted by Crippen LogP contribution is 2.15. The average Bonchev–Trinajstić information content (AvgIpc) is 2.11. The smallest absolute Gasteiger partial charge is 0.335 e. The lowest BCUT2D eigenvalue weighted by atomic mass is 10.0. The Morgan fingerprint density at radius 2 is 2.20 bits per heavy atom. The van der Waals surface area contributed by atoms with Crippen molar-refractivity contribution in [3.05, 3.63) is 40.5 Å². The summed E-state index contributed by atoms with van der Waals surface area (Å²) < 4.78 is 0. The number of aromatic carboxylic acids is 1. The Morgan fingerprint density at radius 1 is 1.47 bits per heavy atom. The van der Waals surface area contributed by atoms with Gasteiger partial charge in [0.05, 0.1) is 5.56 Å². The molecule has 1 fully saturated rings. The quantitative estimate of drug-likeness (QED) is 0.768. The number of carbonyl (C=O) groups is 1. The highest BCUT2D eigenvalue weighted by atomic mass is 16.4. The van der Waals surface area contributed by atoms with Gasteiger partial charge in [0, 0.05) is 13.1 Å². The molecule has 0 aromatic heterocycles. The standard InChI is InChI=1S/C12H13NO2/c1-8-4-9(5-10-6-13-7-10)2-3-11(8)12(14)15/h2-5,13H,6-7H2,1H3,(H,14,15). The van der Waals surface area contributed by atoms with Crippen LogP contribution in [0.1, 0.15) is 21.5 Å². The first-order valence-electron chi connectivity index (χ1n) is 4.91. The molecule has 1 aromatic rings. The molecular weight excluding hydrogens is 190 g/mol. The fourth-order valence-electron chi connectivity index (χ4n) is 1.62. The first kappa shape index (κ1) is 9.93. The average molecular weight is 203 g/mol. The number of hydrogen-bond donors (Lipinski definition) is 2. The summed E-state index contributed by atoms with van der Waals surface area (Å²) in [5.74, 6) is -0.864. The van der Waals surface area contributed by atoms with Crippen molar-refractivity contribution >= 4 is 12.0 Å². The monoisotopic (exact) mass is 203 g/mol. The van der Waals surface area contributed by atoms with Crippen LogP contribution in [0.4, 0.5) is 0 Å². The van der Waals surface area contributed by atoms with Crippen LogP contribution in [0.5, 0.6) is 0 Å². The second-order valence-corrected chi connectivity index (χ2v) is 3.79. The zero-order valence-electron chi connectivity index (χ0n) is 8.58. The summed E-state index contributed by atoms with van der Waals surface area (Å²) in [4.78, 5) is 10.8. The van der Waals surface area contributed by atoms with E-state index in [4.69, 9.17) is 5.11 Å². The Balaban J connectivity index is 2.28. The van der Waals surface area contributed by atoms with Gasteiger partial charge in [-0.05, 0) is 29.7 Å².